The molecule has 4 nitrogen and oxygen atoms in total. The van der Waals surface area contributed by atoms with Crippen LogP contribution in [0.2, 0.25) is 0 Å². The van der Waals surface area contributed by atoms with Crippen molar-refractivity contribution in [2.75, 3.05) is 6.61 Å². The van der Waals surface area contributed by atoms with E-state index in [1.165, 1.54) is 12.8 Å². The molecule has 0 atom stereocenters. The summed E-state index contributed by atoms with van der Waals surface area (Å²) in [6, 6.07) is 17.0. The molecular weight excluding hydrogens is 314 g/mol. The Balaban J connectivity index is 1.68. The van der Waals surface area contributed by atoms with Crippen molar-refractivity contribution in [2.24, 2.45) is 4.99 Å². The predicted octanol–water partition coefficient (Wildman–Crippen LogP) is 4.60. The third kappa shape index (κ3) is 4.57. The van der Waals surface area contributed by atoms with E-state index in [-0.39, 0.29) is 0 Å². The summed E-state index contributed by atoms with van der Waals surface area (Å²) in [7, 11) is 0. The lowest BCUT2D eigenvalue weighted by Gasteiger charge is -2.05. The van der Waals surface area contributed by atoms with Gasteiger partial charge in [-0.3, -0.25) is 0 Å². The lowest BCUT2D eigenvalue weighted by molar-refractivity contribution is -0.129. The van der Waals surface area contributed by atoms with Gasteiger partial charge in [0, 0.05) is 5.56 Å². The van der Waals surface area contributed by atoms with Crippen molar-refractivity contribution in [3.8, 4) is 5.75 Å². The van der Waals surface area contributed by atoms with Gasteiger partial charge in [0.25, 0.3) is 0 Å². The van der Waals surface area contributed by atoms with Crippen LogP contribution in [0, 0.1) is 0 Å². The summed E-state index contributed by atoms with van der Waals surface area (Å²) in [5.74, 6) is 0.743. The first-order valence-electron chi connectivity index (χ1n) is 8.57. The molecule has 2 aromatic rings. The fourth-order valence-electron chi connectivity index (χ4n) is 2.47. The second-order valence-electron chi connectivity index (χ2n) is 5.83. The van der Waals surface area contributed by atoms with E-state index in [9.17, 15) is 4.79 Å². The molecule has 1 aliphatic heterocycles. The number of hydrogen-bond acceptors (Lipinski definition) is 4. The summed E-state index contributed by atoms with van der Waals surface area (Å²) in [6.45, 7) is 2.90. The Bertz CT molecular complexity index is 777. The normalized spacial score (nSPS) is 15.2. The molecule has 1 heterocycles. The van der Waals surface area contributed by atoms with Crippen LogP contribution in [-0.4, -0.2) is 18.5 Å². The molecule has 0 fully saturated rings. The first-order chi connectivity index (χ1) is 12.3. The largest absolute Gasteiger partial charge is 0.494 e. The van der Waals surface area contributed by atoms with Gasteiger partial charge in [-0.25, -0.2) is 9.79 Å². The van der Waals surface area contributed by atoms with E-state index in [1.807, 2.05) is 54.6 Å². The molecule has 0 radical (unpaired) electrons. The molecule has 0 bridgehead atoms. The molecule has 3 rings (SSSR count). The maximum absolute atomic E-state index is 12.0. The van der Waals surface area contributed by atoms with Crippen LogP contribution in [0.1, 0.15) is 37.3 Å². The van der Waals surface area contributed by atoms with Crippen molar-refractivity contribution < 1.29 is 14.3 Å². The van der Waals surface area contributed by atoms with E-state index in [1.54, 1.807) is 6.08 Å². The Morgan fingerprint density at radius 2 is 1.80 bits per heavy atom. The number of carbonyl (C=O) groups excluding carboxylic acids is 1. The second-order valence-corrected chi connectivity index (χ2v) is 5.83. The molecule has 0 spiro atoms. The quantitative estimate of drug-likeness (QED) is 0.422. The number of hydrogen-bond donors (Lipinski definition) is 0. The summed E-state index contributed by atoms with van der Waals surface area (Å²) < 4.78 is 10.9. The summed E-state index contributed by atoms with van der Waals surface area (Å²) in [5.41, 5.74) is 1.97. The minimum Gasteiger partial charge on any atom is -0.494 e. The molecule has 0 amide bonds. The Morgan fingerprint density at radius 3 is 2.52 bits per heavy atom. The monoisotopic (exact) mass is 335 g/mol. The van der Waals surface area contributed by atoms with Gasteiger partial charge in [-0.1, -0.05) is 50.1 Å². The number of benzene rings is 2. The van der Waals surface area contributed by atoms with Crippen LogP contribution in [0.25, 0.3) is 6.08 Å². The summed E-state index contributed by atoms with van der Waals surface area (Å²) >= 11 is 0. The SMILES string of the molecule is CCCCCOc1ccc(C=C2N=C(c3ccccc3)OC2=O)cc1. The smallest absolute Gasteiger partial charge is 0.363 e. The Kier molecular flexibility index (Phi) is 5.62. The van der Waals surface area contributed by atoms with E-state index >= 15 is 0 Å². The fraction of sp³-hybridized carbons (Fsp3) is 0.238. The molecule has 0 saturated heterocycles. The molecule has 0 N–H and O–H groups in total. The van der Waals surface area contributed by atoms with Crippen LogP contribution < -0.4 is 4.74 Å². The highest BCUT2D eigenvalue weighted by atomic mass is 16.6. The van der Waals surface area contributed by atoms with Gasteiger partial charge in [0.05, 0.1) is 6.61 Å². The van der Waals surface area contributed by atoms with Crippen molar-refractivity contribution in [1.29, 1.82) is 0 Å². The van der Waals surface area contributed by atoms with Crippen molar-refractivity contribution in [3.05, 3.63) is 71.4 Å². The van der Waals surface area contributed by atoms with E-state index in [2.05, 4.69) is 11.9 Å². The third-order valence-corrected chi connectivity index (χ3v) is 3.84. The Labute approximate surface area is 147 Å². The minimum atomic E-state index is -0.432. The molecule has 25 heavy (non-hydrogen) atoms. The number of nitrogens with zero attached hydrogens (tertiary/aromatic N) is 1. The number of aliphatic imine (C=N–C) groups is 1. The molecule has 128 valence electrons. The van der Waals surface area contributed by atoms with E-state index < -0.39 is 5.97 Å². The molecule has 4 heteroatoms. The van der Waals surface area contributed by atoms with Gasteiger partial charge in [-0.05, 0) is 42.3 Å². The molecule has 0 aromatic heterocycles. The van der Waals surface area contributed by atoms with E-state index in [0.29, 0.717) is 11.6 Å². The van der Waals surface area contributed by atoms with Crippen LogP contribution in [0.5, 0.6) is 5.75 Å². The van der Waals surface area contributed by atoms with Gasteiger partial charge in [-0.15, -0.1) is 0 Å². The van der Waals surface area contributed by atoms with E-state index in [4.69, 9.17) is 9.47 Å². The molecule has 2 aromatic carbocycles. The van der Waals surface area contributed by atoms with Gasteiger partial charge in [-0.2, -0.15) is 0 Å². The van der Waals surface area contributed by atoms with Gasteiger partial charge in [0.1, 0.15) is 5.75 Å². The third-order valence-electron chi connectivity index (χ3n) is 3.84. The van der Waals surface area contributed by atoms with Crippen molar-refractivity contribution in [1.82, 2.24) is 0 Å². The molecular formula is C21H21NO3. The number of carbonyl (C=O) groups is 1. The Hall–Kier alpha value is -2.88. The zero-order chi connectivity index (χ0) is 17.5. The van der Waals surface area contributed by atoms with Crippen LogP contribution >= 0.6 is 0 Å². The lowest BCUT2D eigenvalue weighted by Crippen LogP contribution is -2.04. The number of esters is 1. The average molecular weight is 335 g/mol. The topological polar surface area (TPSA) is 47.9 Å². The zero-order valence-corrected chi connectivity index (χ0v) is 14.3. The van der Waals surface area contributed by atoms with Gasteiger partial charge in [0.2, 0.25) is 5.90 Å². The number of ether oxygens (including phenoxy) is 2. The molecule has 0 saturated carbocycles. The van der Waals surface area contributed by atoms with Crippen LogP contribution in [-0.2, 0) is 9.53 Å². The number of rotatable bonds is 7. The molecule has 1 aliphatic rings. The second kappa shape index (κ2) is 8.29. The zero-order valence-electron chi connectivity index (χ0n) is 14.3. The molecule has 0 aliphatic carbocycles. The standard InChI is InChI=1S/C21H21NO3/c1-2-3-7-14-24-18-12-10-16(11-13-18)15-19-21(23)25-20(22-19)17-8-5-4-6-9-17/h4-6,8-13,15H,2-3,7,14H2,1H3. The highest BCUT2D eigenvalue weighted by molar-refractivity contribution is 6.12. The number of cyclic esters (lactones) is 1. The maximum Gasteiger partial charge on any atom is 0.363 e. The minimum absolute atomic E-state index is 0.301. The Morgan fingerprint density at radius 1 is 1.04 bits per heavy atom. The predicted molar refractivity (Wildman–Crippen MR) is 98.5 cm³/mol. The van der Waals surface area contributed by atoms with Crippen molar-refractivity contribution >= 4 is 17.9 Å². The van der Waals surface area contributed by atoms with Gasteiger partial charge < -0.3 is 9.47 Å². The first-order valence-corrected chi connectivity index (χ1v) is 8.57. The van der Waals surface area contributed by atoms with Crippen molar-refractivity contribution in [2.45, 2.75) is 26.2 Å². The summed E-state index contributed by atoms with van der Waals surface area (Å²) in [4.78, 5) is 16.3. The number of unbranched alkanes of at least 4 members (excludes halogenated alkanes) is 2. The van der Waals surface area contributed by atoms with Crippen LogP contribution in [0.15, 0.2) is 65.3 Å². The highest BCUT2D eigenvalue weighted by Gasteiger charge is 2.23. The van der Waals surface area contributed by atoms with Crippen LogP contribution in [0.3, 0.4) is 0 Å². The fourth-order valence-corrected chi connectivity index (χ4v) is 2.47. The first kappa shape index (κ1) is 17.0. The lowest BCUT2D eigenvalue weighted by atomic mass is 10.2. The average Bonchev–Trinajstić information content (AvgIpc) is 3.01. The molecule has 0 unspecified atom stereocenters. The van der Waals surface area contributed by atoms with E-state index in [0.717, 1.165) is 29.9 Å². The maximum atomic E-state index is 12.0. The van der Waals surface area contributed by atoms with Crippen LogP contribution in [0.4, 0.5) is 0 Å². The summed E-state index contributed by atoms with van der Waals surface area (Å²) in [6.07, 6.45) is 5.13. The van der Waals surface area contributed by atoms with Crippen molar-refractivity contribution in [3.63, 3.8) is 0 Å². The summed E-state index contributed by atoms with van der Waals surface area (Å²) in [5, 5.41) is 0. The highest BCUT2D eigenvalue weighted by Crippen LogP contribution is 2.20. The van der Waals surface area contributed by atoms with Gasteiger partial charge in [0.15, 0.2) is 5.70 Å². The van der Waals surface area contributed by atoms with Gasteiger partial charge >= 0.3 is 5.97 Å².